The lowest BCUT2D eigenvalue weighted by Gasteiger charge is -2.34. The fourth-order valence-electron chi connectivity index (χ4n) is 3.31. The fourth-order valence-corrected chi connectivity index (χ4v) is 3.31. The number of allylic oxidation sites excluding steroid dienone is 4. The minimum atomic E-state index is -0.756. The van der Waals surface area contributed by atoms with Gasteiger partial charge in [0.25, 0.3) is 0 Å². The Morgan fingerprint density at radius 2 is 1.77 bits per heavy atom. The Balaban J connectivity index is 2.06. The quantitative estimate of drug-likeness (QED) is 0.732. The molecule has 0 unspecified atom stereocenters. The molecule has 0 radical (unpaired) electrons. The third-order valence-electron chi connectivity index (χ3n) is 5.03. The number of hydrogen-bond donors (Lipinski definition) is 1. The Morgan fingerprint density at radius 1 is 1.05 bits per heavy atom. The summed E-state index contributed by atoms with van der Waals surface area (Å²) in [5.41, 5.74) is 3.70. The summed E-state index contributed by atoms with van der Waals surface area (Å²) in [6.45, 7) is 8.85. The van der Waals surface area contributed by atoms with Gasteiger partial charge in [0.05, 0.1) is 18.3 Å². The summed E-state index contributed by atoms with van der Waals surface area (Å²) in [4.78, 5) is 0. The third-order valence-corrected chi connectivity index (χ3v) is 5.03. The van der Waals surface area contributed by atoms with Crippen molar-refractivity contribution < 1.29 is 9.84 Å². The van der Waals surface area contributed by atoms with Crippen molar-refractivity contribution in [3.8, 4) is 0 Å². The van der Waals surface area contributed by atoms with Crippen LogP contribution in [0.5, 0.6) is 0 Å². The van der Waals surface area contributed by atoms with E-state index in [1.165, 1.54) is 42.4 Å². The summed E-state index contributed by atoms with van der Waals surface area (Å²) in [5, 5.41) is 10.1. The second kappa shape index (κ2) is 7.61. The van der Waals surface area contributed by atoms with Crippen LogP contribution < -0.4 is 0 Å². The molecule has 0 saturated carbocycles. The Bertz CT molecular complexity index is 463. The van der Waals surface area contributed by atoms with Crippen molar-refractivity contribution in [2.45, 2.75) is 77.9 Å². The number of ether oxygens (including phenoxy) is 1. The zero-order valence-electron chi connectivity index (χ0n) is 14.7. The summed E-state index contributed by atoms with van der Waals surface area (Å²) in [6.07, 6.45) is 13.8. The Morgan fingerprint density at radius 3 is 2.41 bits per heavy atom. The summed E-state index contributed by atoms with van der Waals surface area (Å²) >= 11 is 0. The van der Waals surface area contributed by atoms with Crippen LogP contribution >= 0.6 is 0 Å². The van der Waals surface area contributed by atoms with Crippen molar-refractivity contribution in [2.24, 2.45) is 5.92 Å². The molecule has 2 aliphatic rings. The predicted octanol–water partition coefficient (Wildman–Crippen LogP) is 4.95. The molecule has 2 rings (SSSR count). The molecule has 2 nitrogen and oxygen atoms in total. The first kappa shape index (κ1) is 17.5. The topological polar surface area (TPSA) is 29.5 Å². The first-order chi connectivity index (χ1) is 10.4. The van der Waals surface area contributed by atoms with Crippen LogP contribution in [-0.2, 0) is 4.74 Å². The van der Waals surface area contributed by atoms with Crippen molar-refractivity contribution in [3.05, 3.63) is 34.9 Å². The number of rotatable bonds is 2. The van der Waals surface area contributed by atoms with Crippen LogP contribution in [-0.4, -0.2) is 23.4 Å². The van der Waals surface area contributed by atoms with Crippen LogP contribution in [0.3, 0.4) is 0 Å². The second-order valence-corrected chi connectivity index (χ2v) is 7.58. The maximum absolute atomic E-state index is 10.1. The molecule has 1 aliphatic carbocycles. The van der Waals surface area contributed by atoms with Gasteiger partial charge in [-0.1, -0.05) is 29.4 Å². The Kier molecular flexibility index (Phi) is 6.05. The molecule has 2 atom stereocenters. The molecule has 0 spiro atoms. The molecule has 0 bridgehead atoms. The first-order valence-electron chi connectivity index (χ1n) is 8.70. The lowest BCUT2D eigenvalue weighted by atomic mass is 9.85. The molecule has 1 aliphatic heterocycles. The van der Waals surface area contributed by atoms with Crippen molar-refractivity contribution in [3.63, 3.8) is 0 Å². The highest BCUT2D eigenvalue weighted by atomic mass is 16.5. The highest BCUT2D eigenvalue weighted by Crippen LogP contribution is 2.31. The average Bonchev–Trinajstić information content (AvgIpc) is 2.46. The van der Waals surface area contributed by atoms with Gasteiger partial charge in [-0.25, -0.2) is 0 Å². The molecule has 0 aromatic carbocycles. The van der Waals surface area contributed by atoms with E-state index in [1.54, 1.807) is 0 Å². The van der Waals surface area contributed by atoms with Gasteiger partial charge in [-0.05, 0) is 77.7 Å². The Hall–Kier alpha value is -0.860. The van der Waals surface area contributed by atoms with Gasteiger partial charge in [-0.3, -0.25) is 0 Å². The van der Waals surface area contributed by atoms with Crippen LogP contribution in [0, 0.1) is 5.92 Å². The number of aliphatic hydroxyl groups is 1. The van der Waals surface area contributed by atoms with E-state index in [0.29, 0.717) is 12.5 Å². The lowest BCUT2D eigenvalue weighted by molar-refractivity contribution is -0.0865. The maximum Gasteiger partial charge on any atom is 0.0895 e. The van der Waals surface area contributed by atoms with Gasteiger partial charge in [-0.2, -0.15) is 0 Å². The summed E-state index contributed by atoms with van der Waals surface area (Å²) in [6, 6.07) is 0. The minimum absolute atomic E-state index is 0.0744. The van der Waals surface area contributed by atoms with Gasteiger partial charge < -0.3 is 9.84 Å². The summed E-state index contributed by atoms with van der Waals surface area (Å²) < 4.78 is 5.94. The molecule has 22 heavy (non-hydrogen) atoms. The van der Waals surface area contributed by atoms with Crippen LogP contribution in [0.4, 0.5) is 0 Å². The number of hydrogen-bond acceptors (Lipinski definition) is 2. The van der Waals surface area contributed by atoms with Crippen LogP contribution in [0.2, 0.25) is 0 Å². The second-order valence-electron chi connectivity index (χ2n) is 7.58. The predicted molar refractivity (Wildman–Crippen MR) is 92.8 cm³/mol. The van der Waals surface area contributed by atoms with Gasteiger partial charge in [0.2, 0.25) is 0 Å². The molecule has 1 heterocycles. The molecule has 1 N–H and O–H groups in total. The molecule has 0 fully saturated rings. The van der Waals surface area contributed by atoms with Gasteiger partial charge in [0.15, 0.2) is 0 Å². The first-order valence-corrected chi connectivity index (χ1v) is 8.70. The minimum Gasteiger partial charge on any atom is -0.388 e. The van der Waals surface area contributed by atoms with E-state index in [1.807, 2.05) is 13.8 Å². The zero-order chi connectivity index (χ0) is 16.2. The van der Waals surface area contributed by atoms with Crippen LogP contribution in [0.1, 0.15) is 66.2 Å². The van der Waals surface area contributed by atoms with Gasteiger partial charge in [0.1, 0.15) is 0 Å². The smallest absolute Gasteiger partial charge is 0.0895 e. The van der Waals surface area contributed by atoms with E-state index < -0.39 is 5.60 Å². The third kappa shape index (κ3) is 5.10. The van der Waals surface area contributed by atoms with E-state index in [-0.39, 0.29) is 6.10 Å². The van der Waals surface area contributed by atoms with E-state index in [9.17, 15) is 5.11 Å². The molecular formula is C20H32O2. The molecule has 0 amide bonds. The molecule has 0 saturated heterocycles. The van der Waals surface area contributed by atoms with Crippen molar-refractivity contribution in [2.75, 3.05) is 6.61 Å². The molecule has 124 valence electrons. The Labute approximate surface area is 136 Å². The van der Waals surface area contributed by atoms with Crippen LogP contribution in [0.25, 0.3) is 0 Å². The van der Waals surface area contributed by atoms with Crippen molar-refractivity contribution in [1.82, 2.24) is 0 Å². The highest BCUT2D eigenvalue weighted by Gasteiger charge is 2.30. The van der Waals surface area contributed by atoms with E-state index in [0.717, 1.165) is 12.8 Å². The van der Waals surface area contributed by atoms with Gasteiger partial charge in [-0.15, -0.1) is 0 Å². The maximum atomic E-state index is 10.1. The fraction of sp³-hybridized carbons (Fsp3) is 0.700. The lowest BCUT2D eigenvalue weighted by Crippen LogP contribution is -2.40. The van der Waals surface area contributed by atoms with E-state index >= 15 is 0 Å². The molecule has 0 aromatic heterocycles. The van der Waals surface area contributed by atoms with Gasteiger partial charge in [0, 0.05) is 0 Å². The summed E-state index contributed by atoms with van der Waals surface area (Å²) in [5.74, 6) is 0.583. The standard InChI is InChI=1S/C20H32O2/c1-15-6-5-7-16(2)9-11-17(10-8-15)18-12-13-19(22-14-18)20(3,4)21/h6,9,12,17,19,21H,5,7-8,10-11,13-14H2,1-4H3/b15-6+,16-9?/t17-,19+/m0/s1. The zero-order valence-corrected chi connectivity index (χ0v) is 14.7. The summed E-state index contributed by atoms with van der Waals surface area (Å²) in [7, 11) is 0. The SMILES string of the molecule is CC1=CC[C@@H](C2=CC[C@H](C(C)(C)O)OC2)CC/C(C)=C/CC1. The monoisotopic (exact) mass is 304 g/mol. The average molecular weight is 304 g/mol. The molecule has 2 heteroatoms. The van der Waals surface area contributed by atoms with Gasteiger partial charge >= 0.3 is 0 Å². The largest absolute Gasteiger partial charge is 0.388 e. The normalized spacial score (nSPS) is 30.9. The van der Waals surface area contributed by atoms with E-state index in [4.69, 9.17) is 4.74 Å². The highest BCUT2D eigenvalue weighted by molar-refractivity contribution is 5.16. The van der Waals surface area contributed by atoms with E-state index in [2.05, 4.69) is 32.1 Å². The van der Waals surface area contributed by atoms with Crippen LogP contribution in [0.15, 0.2) is 34.9 Å². The van der Waals surface area contributed by atoms with Crippen molar-refractivity contribution in [1.29, 1.82) is 0 Å². The molecule has 0 aromatic rings. The molecular weight excluding hydrogens is 272 g/mol. The van der Waals surface area contributed by atoms with Crippen molar-refractivity contribution >= 4 is 0 Å².